The third-order valence-electron chi connectivity index (χ3n) is 1.98. The number of rotatable bonds is 2. The number of halogens is 1. The van der Waals surface area contributed by atoms with Crippen LogP contribution < -0.4 is 5.56 Å². The molecule has 0 radical (unpaired) electrons. The predicted molar refractivity (Wildman–Crippen MR) is 52.9 cm³/mol. The molecule has 0 aromatic carbocycles. The first-order valence-electron chi connectivity index (χ1n) is 4.12. The quantitative estimate of drug-likeness (QED) is 0.737. The van der Waals surface area contributed by atoms with Crippen molar-refractivity contribution in [3.8, 4) is 6.07 Å². The summed E-state index contributed by atoms with van der Waals surface area (Å²) in [5.74, 6) is 0. The zero-order valence-corrected chi connectivity index (χ0v) is 8.82. The van der Waals surface area contributed by atoms with Gasteiger partial charge in [0.25, 0.3) is 5.56 Å². The van der Waals surface area contributed by atoms with E-state index in [2.05, 4.69) is 15.9 Å². The van der Waals surface area contributed by atoms with Gasteiger partial charge in [0.15, 0.2) is 0 Å². The molecule has 1 aromatic heterocycles. The van der Waals surface area contributed by atoms with Crippen molar-refractivity contribution in [1.29, 1.82) is 5.26 Å². The van der Waals surface area contributed by atoms with Crippen LogP contribution in [-0.4, -0.2) is 17.3 Å². The van der Waals surface area contributed by atoms with Crippen LogP contribution in [0.5, 0.6) is 0 Å². The highest BCUT2D eigenvalue weighted by atomic mass is 79.9. The molecule has 0 N–H and O–H groups in total. The Labute approximate surface area is 88.9 Å². The van der Waals surface area contributed by atoms with Crippen molar-refractivity contribution >= 4 is 15.9 Å². The Morgan fingerprint density at radius 1 is 1.79 bits per heavy atom. The van der Waals surface area contributed by atoms with Crippen molar-refractivity contribution in [3.63, 3.8) is 0 Å². The standard InChI is InChI=1S/C9H7BrN2O2/c10-7-1-6(2-11)9(13)12(3-7)4-8-5-14-8/h1,3,8H,4-5H2/t8-/m1/s1. The predicted octanol–water partition coefficient (Wildman–Crippen LogP) is 0.881. The van der Waals surface area contributed by atoms with Crippen LogP contribution in [0.15, 0.2) is 21.5 Å². The lowest BCUT2D eigenvalue weighted by atomic mass is 10.3. The van der Waals surface area contributed by atoms with Crippen LogP contribution in [-0.2, 0) is 11.3 Å². The highest BCUT2D eigenvalue weighted by Crippen LogP contribution is 2.13. The molecule has 14 heavy (non-hydrogen) atoms. The van der Waals surface area contributed by atoms with Crippen LogP contribution in [0.4, 0.5) is 0 Å². The topological polar surface area (TPSA) is 58.3 Å². The maximum Gasteiger partial charge on any atom is 0.268 e. The molecular weight excluding hydrogens is 248 g/mol. The van der Waals surface area contributed by atoms with E-state index in [9.17, 15) is 4.79 Å². The van der Waals surface area contributed by atoms with Gasteiger partial charge in [0.1, 0.15) is 11.6 Å². The van der Waals surface area contributed by atoms with Gasteiger partial charge in [-0.05, 0) is 22.0 Å². The molecule has 2 heterocycles. The Bertz CT molecular complexity index is 457. The number of epoxide rings is 1. The third kappa shape index (κ3) is 1.86. The monoisotopic (exact) mass is 254 g/mol. The number of ether oxygens (including phenoxy) is 1. The van der Waals surface area contributed by atoms with Gasteiger partial charge in [-0.1, -0.05) is 0 Å². The van der Waals surface area contributed by atoms with Crippen molar-refractivity contribution in [2.24, 2.45) is 0 Å². The van der Waals surface area contributed by atoms with E-state index < -0.39 is 0 Å². The van der Waals surface area contributed by atoms with Gasteiger partial charge in [0.2, 0.25) is 0 Å². The fourth-order valence-electron chi connectivity index (χ4n) is 1.21. The SMILES string of the molecule is N#Cc1cc(Br)cn(C[C@@H]2CO2)c1=O. The fourth-order valence-corrected chi connectivity index (χ4v) is 1.68. The molecule has 0 unspecified atom stereocenters. The first-order valence-corrected chi connectivity index (χ1v) is 4.91. The van der Waals surface area contributed by atoms with E-state index in [4.69, 9.17) is 10.00 Å². The van der Waals surface area contributed by atoms with Crippen LogP contribution in [0.3, 0.4) is 0 Å². The lowest BCUT2D eigenvalue weighted by Crippen LogP contribution is -2.24. The first-order chi connectivity index (χ1) is 6.70. The maximum absolute atomic E-state index is 11.6. The number of hydrogen-bond donors (Lipinski definition) is 0. The molecule has 0 aliphatic carbocycles. The molecule has 1 aliphatic rings. The molecule has 1 atom stereocenters. The lowest BCUT2D eigenvalue weighted by molar-refractivity contribution is 0.380. The zero-order chi connectivity index (χ0) is 10.1. The molecular formula is C9H7BrN2O2. The van der Waals surface area contributed by atoms with Crippen molar-refractivity contribution in [1.82, 2.24) is 4.57 Å². The Morgan fingerprint density at radius 3 is 3.07 bits per heavy atom. The second-order valence-corrected chi connectivity index (χ2v) is 4.01. The van der Waals surface area contributed by atoms with E-state index in [1.807, 2.05) is 6.07 Å². The molecule has 4 nitrogen and oxygen atoms in total. The molecule has 0 saturated carbocycles. The molecule has 1 saturated heterocycles. The minimum Gasteiger partial charge on any atom is -0.371 e. The minimum atomic E-state index is -0.258. The van der Waals surface area contributed by atoms with E-state index in [-0.39, 0.29) is 17.2 Å². The second-order valence-electron chi connectivity index (χ2n) is 3.10. The van der Waals surface area contributed by atoms with E-state index in [1.165, 1.54) is 10.6 Å². The summed E-state index contributed by atoms with van der Waals surface area (Å²) in [7, 11) is 0. The van der Waals surface area contributed by atoms with E-state index in [0.29, 0.717) is 13.2 Å². The molecule has 1 aromatic rings. The number of pyridine rings is 1. The second kappa shape index (κ2) is 3.56. The van der Waals surface area contributed by atoms with Crippen LogP contribution in [0.2, 0.25) is 0 Å². The average molecular weight is 255 g/mol. The van der Waals surface area contributed by atoms with Crippen molar-refractivity contribution in [2.75, 3.05) is 6.61 Å². The van der Waals surface area contributed by atoms with E-state index in [1.54, 1.807) is 6.20 Å². The lowest BCUT2D eigenvalue weighted by Gasteiger charge is -2.03. The molecule has 5 heteroatoms. The number of nitriles is 1. The summed E-state index contributed by atoms with van der Waals surface area (Å²) >= 11 is 3.25. The van der Waals surface area contributed by atoms with E-state index in [0.717, 1.165) is 4.47 Å². The first kappa shape index (κ1) is 9.44. The molecule has 0 spiro atoms. The summed E-state index contributed by atoms with van der Waals surface area (Å²) in [5, 5.41) is 8.70. The van der Waals surface area contributed by atoms with Gasteiger partial charge in [-0.15, -0.1) is 0 Å². The highest BCUT2D eigenvalue weighted by molar-refractivity contribution is 9.10. The van der Waals surface area contributed by atoms with Gasteiger partial charge in [-0.2, -0.15) is 5.26 Å². The molecule has 2 rings (SSSR count). The number of hydrogen-bond acceptors (Lipinski definition) is 3. The summed E-state index contributed by atoms with van der Waals surface area (Å²) in [5.41, 5.74) is -0.105. The zero-order valence-electron chi connectivity index (χ0n) is 7.24. The van der Waals surface area contributed by atoms with Crippen molar-refractivity contribution < 1.29 is 4.74 Å². The van der Waals surface area contributed by atoms with Crippen LogP contribution in [0.1, 0.15) is 5.56 Å². The molecule has 0 amide bonds. The fraction of sp³-hybridized carbons (Fsp3) is 0.333. The normalized spacial score (nSPS) is 19.0. The van der Waals surface area contributed by atoms with Crippen molar-refractivity contribution in [2.45, 2.75) is 12.6 Å². The Morgan fingerprint density at radius 2 is 2.50 bits per heavy atom. The van der Waals surface area contributed by atoms with Crippen LogP contribution in [0.25, 0.3) is 0 Å². The molecule has 72 valence electrons. The summed E-state index contributed by atoms with van der Waals surface area (Å²) in [6.45, 7) is 1.22. The number of aromatic nitrogens is 1. The third-order valence-corrected chi connectivity index (χ3v) is 2.41. The maximum atomic E-state index is 11.6. The van der Waals surface area contributed by atoms with Gasteiger partial charge in [0, 0.05) is 10.7 Å². The largest absolute Gasteiger partial charge is 0.371 e. The summed E-state index contributed by atoms with van der Waals surface area (Å²) in [6, 6.07) is 3.39. The summed E-state index contributed by atoms with van der Waals surface area (Å²) in [4.78, 5) is 11.6. The Balaban J connectivity index is 2.42. The van der Waals surface area contributed by atoms with Gasteiger partial charge in [0.05, 0.1) is 19.3 Å². The Kier molecular flexibility index (Phi) is 2.40. The van der Waals surface area contributed by atoms with E-state index >= 15 is 0 Å². The van der Waals surface area contributed by atoms with Gasteiger partial charge >= 0.3 is 0 Å². The van der Waals surface area contributed by atoms with Gasteiger partial charge in [-0.3, -0.25) is 4.79 Å². The average Bonchev–Trinajstić information content (AvgIpc) is 2.94. The summed E-state index contributed by atoms with van der Waals surface area (Å²) in [6.07, 6.45) is 1.80. The molecule has 0 bridgehead atoms. The van der Waals surface area contributed by atoms with Crippen LogP contribution >= 0.6 is 15.9 Å². The highest BCUT2D eigenvalue weighted by Gasteiger charge is 2.23. The smallest absolute Gasteiger partial charge is 0.268 e. The molecule has 1 aliphatic heterocycles. The Hall–Kier alpha value is -1.12. The minimum absolute atomic E-state index is 0.133. The molecule has 1 fully saturated rings. The van der Waals surface area contributed by atoms with Gasteiger partial charge in [-0.25, -0.2) is 0 Å². The van der Waals surface area contributed by atoms with Crippen molar-refractivity contribution in [3.05, 3.63) is 32.7 Å². The van der Waals surface area contributed by atoms with Gasteiger partial charge < -0.3 is 9.30 Å². The number of nitrogens with zero attached hydrogens (tertiary/aromatic N) is 2. The summed E-state index contributed by atoms with van der Waals surface area (Å²) < 4.78 is 7.25. The van der Waals surface area contributed by atoms with Crippen LogP contribution in [0, 0.1) is 11.3 Å².